The Kier molecular flexibility index (Phi) is 4.37. The molecule has 9 nitrogen and oxygen atoms in total. The molecule has 0 bridgehead atoms. The van der Waals surface area contributed by atoms with Crippen LogP contribution in [0, 0.1) is 6.92 Å². The van der Waals surface area contributed by atoms with Crippen LogP contribution in [0.2, 0.25) is 0 Å². The van der Waals surface area contributed by atoms with Gasteiger partial charge in [0.25, 0.3) is 17.4 Å². The molecule has 1 aromatic heterocycles. The number of amides is 2. The molecule has 0 saturated heterocycles. The first-order chi connectivity index (χ1) is 16.8. The van der Waals surface area contributed by atoms with Gasteiger partial charge in [0.2, 0.25) is 5.88 Å². The molecule has 9 heteroatoms. The highest BCUT2D eigenvalue weighted by Crippen LogP contribution is 2.38. The van der Waals surface area contributed by atoms with E-state index in [2.05, 4.69) is 10.1 Å². The number of imide groups is 1. The molecule has 0 spiro atoms. The number of aromatic hydroxyl groups is 1. The van der Waals surface area contributed by atoms with Crippen molar-refractivity contribution in [2.24, 2.45) is 5.10 Å². The maximum atomic E-state index is 13.2. The molecule has 3 aromatic carbocycles. The molecule has 172 valence electrons. The van der Waals surface area contributed by atoms with Crippen molar-refractivity contribution in [2.75, 3.05) is 0 Å². The van der Waals surface area contributed by atoms with Crippen molar-refractivity contribution < 1.29 is 14.7 Å². The van der Waals surface area contributed by atoms with E-state index < -0.39 is 28.9 Å². The van der Waals surface area contributed by atoms with Gasteiger partial charge in [-0.2, -0.15) is 10.1 Å². The van der Waals surface area contributed by atoms with E-state index in [1.165, 1.54) is 0 Å². The zero-order valence-electron chi connectivity index (χ0n) is 18.5. The lowest BCUT2D eigenvalue weighted by Gasteiger charge is -2.23. The minimum atomic E-state index is -0.904. The van der Waals surface area contributed by atoms with Crippen LogP contribution in [0.5, 0.6) is 5.88 Å². The van der Waals surface area contributed by atoms with Crippen molar-refractivity contribution in [1.29, 1.82) is 0 Å². The summed E-state index contributed by atoms with van der Waals surface area (Å²) in [5, 5.41) is 17.0. The van der Waals surface area contributed by atoms with Gasteiger partial charge in [-0.25, -0.2) is 9.36 Å². The van der Waals surface area contributed by atoms with Crippen molar-refractivity contribution in [2.45, 2.75) is 19.8 Å². The first-order valence-corrected chi connectivity index (χ1v) is 11.0. The topological polar surface area (TPSA) is 125 Å². The van der Waals surface area contributed by atoms with E-state index in [0.29, 0.717) is 27.2 Å². The van der Waals surface area contributed by atoms with Crippen LogP contribution in [-0.4, -0.2) is 37.7 Å². The second-order valence-corrected chi connectivity index (χ2v) is 8.63. The molecule has 2 N–H and O–H groups in total. The van der Waals surface area contributed by atoms with E-state index in [9.17, 15) is 24.3 Å². The van der Waals surface area contributed by atoms with Crippen LogP contribution >= 0.6 is 0 Å². The average Bonchev–Trinajstić information content (AvgIpc) is 3.26. The summed E-state index contributed by atoms with van der Waals surface area (Å²) in [5.41, 5.74) is 2.07. The fourth-order valence-electron chi connectivity index (χ4n) is 4.81. The monoisotopic (exact) mass is 466 g/mol. The third-order valence-electron chi connectivity index (χ3n) is 6.56. The van der Waals surface area contributed by atoms with Crippen molar-refractivity contribution in [3.05, 3.63) is 103 Å². The highest BCUT2D eigenvalue weighted by atomic mass is 16.3. The number of carbonyl (C=O) groups excluding carboxylic acids is 2. The van der Waals surface area contributed by atoms with E-state index in [-0.39, 0.29) is 5.56 Å². The number of hydrogen-bond donors (Lipinski definition) is 2. The van der Waals surface area contributed by atoms with Gasteiger partial charge in [0.15, 0.2) is 0 Å². The van der Waals surface area contributed by atoms with Crippen molar-refractivity contribution in [3.63, 3.8) is 0 Å². The number of rotatable bonds is 3. The van der Waals surface area contributed by atoms with E-state index in [4.69, 9.17) is 0 Å². The highest BCUT2D eigenvalue weighted by molar-refractivity contribution is 6.26. The molecule has 0 unspecified atom stereocenters. The number of hydrogen-bond acceptors (Lipinski definition) is 6. The number of nitrogens with zero attached hydrogens (tertiary/aromatic N) is 3. The molecule has 35 heavy (non-hydrogen) atoms. The Morgan fingerprint density at radius 3 is 2.06 bits per heavy atom. The largest absolute Gasteiger partial charge is 0.493 e. The lowest BCUT2D eigenvalue weighted by Crippen LogP contribution is -2.37. The summed E-state index contributed by atoms with van der Waals surface area (Å²) >= 11 is 0. The maximum absolute atomic E-state index is 13.2. The molecular formula is C26H18N4O5. The molecule has 0 radical (unpaired) electrons. The normalized spacial score (nSPS) is 14.5. The van der Waals surface area contributed by atoms with Gasteiger partial charge < -0.3 is 5.11 Å². The fraction of sp³-hybridized carbons (Fsp3) is 0.115. The fourth-order valence-corrected chi connectivity index (χ4v) is 4.81. The second-order valence-electron chi connectivity index (χ2n) is 8.63. The number of aromatic nitrogens is 2. The zero-order valence-corrected chi connectivity index (χ0v) is 18.5. The van der Waals surface area contributed by atoms with Crippen LogP contribution in [0.25, 0.3) is 16.5 Å². The number of H-pyrrole nitrogens is 1. The summed E-state index contributed by atoms with van der Waals surface area (Å²) in [5.74, 6) is -1.92. The average molecular weight is 466 g/mol. The summed E-state index contributed by atoms with van der Waals surface area (Å²) in [6.07, 6.45) is 2.63. The van der Waals surface area contributed by atoms with Gasteiger partial charge in [0.1, 0.15) is 5.56 Å². The standard InChI is InChI=1S/C26H18N4O5/c1-13-2-8-16(9-3-13)29-23(32)19(22(31)28-26(29)35)12-27-30-24(33)17-10-6-14-4-5-15-7-11-18(25(30)34)21(17)20(14)15/h2-3,6-12,32H,4-5H2,1H3,(H,28,31,35)/b27-12+. The van der Waals surface area contributed by atoms with Gasteiger partial charge in [-0.1, -0.05) is 29.8 Å². The number of nitrogens with one attached hydrogen (secondary N) is 1. The highest BCUT2D eigenvalue weighted by Gasteiger charge is 2.35. The van der Waals surface area contributed by atoms with Crippen molar-refractivity contribution in [1.82, 2.24) is 14.6 Å². The summed E-state index contributed by atoms with van der Waals surface area (Å²) in [4.78, 5) is 53.4. The van der Waals surface area contributed by atoms with Gasteiger partial charge in [-0.05, 0) is 60.5 Å². The van der Waals surface area contributed by atoms with E-state index in [1.807, 2.05) is 19.1 Å². The van der Waals surface area contributed by atoms with Gasteiger partial charge in [-0.3, -0.25) is 19.4 Å². The Balaban J connectivity index is 1.45. The van der Waals surface area contributed by atoms with Crippen LogP contribution in [0.1, 0.15) is 43.0 Å². The number of aromatic amines is 1. The summed E-state index contributed by atoms with van der Waals surface area (Å²) in [6, 6.07) is 13.9. The smallest absolute Gasteiger partial charge is 0.335 e. The number of benzene rings is 3. The van der Waals surface area contributed by atoms with E-state index in [0.717, 1.165) is 45.7 Å². The molecule has 6 rings (SSSR count). The maximum Gasteiger partial charge on any atom is 0.335 e. The number of hydrazone groups is 1. The molecule has 0 atom stereocenters. The van der Waals surface area contributed by atoms with Crippen molar-refractivity contribution in [3.8, 4) is 11.6 Å². The molecule has 0 saturated carbocycles. The molecule has 4 aromatic rings. The SMILES string of the molecule is Cc1ccc(-n2c(O)c(/C=N/N3C(=O)c4ccc5c6c(ccc(c46)C3=O)CC5)c(=O)[nH]c2=O)cc1. The van der Waals surface area contributed by atoms with Crippen LogP contribution in [0.3, 0.4) is 0 Å². The third kappa shape index (κ3) is 2.98. The van der Waals surface area contributed by atoms with Crippen LogP contribution in [-0.2, 0) is 12.8 Å². The van der Waals surface area contributed by atoms with Crippen LogP contribution in [0.15, 0.2) is 63.2 Å². The molecule has 1 aliphatic heterocycles. The summed E-state index contributed by atoms with van der Waals surface area (Å²) < 4.78 is 0.913. The summed E-state index contributed by atoms with van der Waals surface area (Å²) in [7, 11) is 0. The van der Waals surface area contributed by atoms with E-state index >= 15 is 0 Å². The zero-order chi connectivity index (χ0) is 24.4. The minimum absolute atomic E-state index is 0.326. The Hall–Kier alpha value is -4.79. The molecule has 2 heterocycles. The Morgan fingerprint density at radius 2 is 1.46 bits per heavy atom. The van der Waals surface area contributed by atoms with Crippen LogP contribution in [0.4, 0.5) is 0 Å². The summed E-state index contributed by atoms with van der Waals surface area (Å²) in [6.45, 7) is 1.87. The Bertz CT molecular complexity index is 1690. The van der Waals surface area contributed by atoms with Gasteiger partial charge in [0.05, 0.1) is 23.0 Å². The molecule has 1 aliphatic carbocycles. The van der Waals surface area contributed by atoms with Gasteiger partial charge in [0, 0.05) is 5.39 Å². The van der Waals surface area contributed by atoms with Crippen molar-refractivity contribution >= 4 is 28.8 Å². The van der Waals surface area contributed by atoms with Gasteiger partial charge >= 0.3 is 5.69 Å². The molecule has 2 amide bonds. The van der Waals surface area contributed by atoms with Crippen LogP contribution < -0.4 is 11.2 Å². The minimum Gasteiger partial charge on any atom is -0.493 e. The molecular weight excluding hydrogens is 448 g/mol. The lowest BCUT2D eigenvalue weighted by molar-refractivity contribution is 0.0616. The number of aryl methyl sites for hydroxylation is 3. The van der Waals surface area contributed by atoms with E-state index in [1.54, 1.807) is 36.4 Å². The van der Waals surface area contributed by atoms with Gasteiger partial charge in [-0.15, -0.1) is 0 Å². The predicted molar refractivity (Wildman–Crippen MR) is 129 cm³/mol. The molecule has 0 fully saturated rings. The second kappa shape index (κ2) is 7.36. The quantitative estimate of drug-likeness (QED) is 0.354. The first-order valence-electron chi connectivity index (χ1n) is 11.0. The lowest BCUT2D eigenvalue weighted by atomic mass is 9.92. The Morgan fingerprint density at radius 1 is 0.857 bits per heavy atom. The molecule has 2 aliphatic rings. The number of carbonyl (C=O) groups is 2. The third-order valence-corrected chi connectivity index (χ3v) is 6.56. The first kappa shape index (κ1) is 20.8. The Labute approximate surface area is 197 Å². The predicted octanol–water partition coefficient (Wildman–Crippen LogP) is 2.42.